The van der Waals surface area contributed by atoms with E-state index in [1.807, 2.05) is 130 Å². The lowest BCUT2D eigenvalue weighted by Crippen LogP contribution is -2.12. The minimum atomic E-state index is -4.75. The van der Waals surface area contributed by atoms with Crippen molar-refractivity contribution in [3.05, 3.63) is 229 Å². The molecule has 5 heterocycles. The van der Waals surface area contributed by atoms with E-state index in [1.54, 1.807) is 34.0 Å². The molecular weight excluding hydrogens is 1080 g/mol. The third-order valence-electron chi connectivity index (χ3n) is 16.0. The van der Waals surface area contributed by atoms with Crippen LogP contribution in [0.15, 0.2) is 212 Å². The average molecular weight is 1120 g/mol. The Morgan fingerprint density at radius 2 is 0.642 bits per heavy atom. The normalized spacial score (nSPS) is 12.6. The maximum absolute atomic E-state index is 15.4. The summed E-state index contributed by atoms with van der Waals surface area (Å²) >= 11 is 4.71. The van der Waals surface area contributed by atoms with E-state index < -0.39 is 23.5 Å². The molecule has 0 N–H and O–H groups in total. The molecule has 0 bridgehead atoms. The molecule has 16 aromatic rings. The summed E-state index contributed by atoms with van der Waals surface area (Å²) in [7, 11) is 0. The third-order valence-corrected chi connectivity index (χ3v) is 19.7. The lowest BCUT2D eigenvalue weighted by atomic mass is 9.83. The number of halogens is 6. The van der Waals surface area contributed by atoms with Gasteiger partial charge in [-0.3, -0.25) is 0 Å². The number of nitriles is 1. The van der Waals surface area contributed by atoms with Crippen LogP contribution in [-0.2, 0) is 12.4 Å². The third kappa shape index (κ3) is 6.92. The Balaban J connectivity index is 1.26. The van der Waals surface area contributed by atoms with Gasteiger partial charge in [-0.1, -0.05) is 158 Å². The van der Waals surface area contributed by atoms with E-state index in [4.69, 9.17) is 0 Å². The first-order valence-corrected chi connectivity index (χ1v) is 28.5. The lowest BCUT2D eigenvalue weighted by molar-refractivity contribution is -0.138. The summed E-state index contributed by atoms with van der Waals surface area (Å²) in [6.45, 7) is 0. The Labute approximate surface area is 468 Å². The highest BCUT2D eigenvalue weighted by Gasteiger charge is 2.37. The van der Waals surface area contributed by atoms with Crippen LogP contribution in [0.2, 0.25) is 0 Å². The smallest absolute Gasteiger partial charge is 0.308 e. The highest BCUT2D eigenvalue weighted by Crippen LogP contribution is 2.57. The number of hydrogen-bond acceptors (Lipinski definition) is 4. The fraction of sp³-hybridized carbons (Fsp3) is 0.0290. The molecule has 0 amide bonds. The van der Waals surface area contributed by atoms with Crippen molar-refractivity contribution in [1.82, 2.24) is 9.13 Å². The van der Waals surface area contributed by atoms with Gasteiger partial charge in [0.25, 0.3) is 0 Å². The van der Waals surface area contributed by atoms with E-state index in [-0.39, 0.29) is 16.6 Å². The average Bonchev–Trinajstić information content (AvgIpc) is 4.43. The van der Waals surface area contributed by atoms with Crippen LogP contribution < -0.4 is 0 Å². The van der Waals surface area contributed by atoms with Crippen molar-refractivity contribution >= 4 is 138 Å². The van der Waals surface area contributed by atoms with Crippen molar-refractivity contribution in [3.8, 4) is 50.8 Å². The number of para-hydroxylation sites is 2. The number of aromatic nitrogens is 2. The van der Waals surface area contributed by atoms with E-state index in [0.29, 0.717) is 77.3 Å². The molecule has 0 atom stereocenters. The van der Waals surface area contributed by atoms with Gasteiger partial charge in [-0.2, -0.15) is 31.6 Å². The van der Waals surface area contributed by atoms with Gasteiger partial charge in [-0.05, 0) is 54.6 Å². The summed E-state index contributed by atoms with van der Waals surface area (Å²) in [4.78, 5) is 0. The van der Waals surface area contributed by atoms with E-state index >= 15 is 26.3 Å². The molecule has 0 aliphatic rings. The fourth-order valence-corrected chi connectivity index (χ4v) is 16.3. The molecule has 0 fully saturated rings. The molecular formula is C69H35F6N3S3. The Hall–Kier alpha value is -9.25. The van der Waals surface area contributed by atoms with E-state index in [2.05, 4.69) is 60.7 Å². The van der Waals surface area contributed by atoms with Crippen molar-refractivity contribution in [3.63, 3.8) is 0 Å². The lowest BCUT2D eigenvalue weighted by Gasteiger charge is -2.28. The zero-order valence-electron chi connectivity index (χ0n) is 42.0. The topological polar surface area (TPSA) is 33.6 Å². The number of nitrogens with zero attached hydrogens (tertiary/aromatic N) is 3. The first-order chi connectivity index (χ1) is 39.4. The minimum Gasteiger partial charge on any atom is -0.308 e. The van der Waals surface area contributed by atoms with Gasteiger partial charge in [0.2, 0.25) is 0 Å². The molecule has 386 valence electrons. The summed E-state index contributed by atoms with van der Waals surface area (Å²) in [6, 6.07) is 67.8. The van der Waals surface area contributed by atoms with Crippen molar-refractivity contribution in [2.24, 2.45) is 0 Å². The highest BCUT2D eigenvalue weighted by atomic mass is 32.1. The first kappa shape index (κ1) is 47.7. The molecule has 11 aromatic carbocycles. The molecule has 0 spiro atoms. The zero-order chi connectivity index (χ0) is 54.6. The Morgan fingerprint density at radius 1 is 0.321 bits per heavy atom. The van der Waals surface area contributed by atoms with Crippen molar-refractivity contribution < 1.29 is 26.3 Å². The molecule has 12 heteroatoms. The molecule has 81 heavy (non-hydrogen) atoms. The monoisotopic (exact) mass is 1120 g/mol. The Bertz CT molecular complexity index is 5160. The number of alkyl halides is 6. The summed E-state index contributed by atoms with van der Waals surface area (Å²) < 4.78 is 102. The van der Waals surface area contributed by atoms with Gasteiger partial charge in [0.15, 0.2) is 0 Å². The minimum absolute atomic E-state index is 0.193. The molecule has 3 nitrogen and oxygen atoms in total. The van der Waals surface area contributed by atoms with Gasteiger partial charge in [-0.25, -0.2) is 0 Å². The standard InChI is InChI=1S/C69H35F6N3S3/c70-68(71,72)37-30-32-41-39-14-1-6-25-53(39)77(55(41)34-37)63-60(49-22-11-19-46-43-16-3-8-27-57(43)79-65(46)49)52(36-76)61(50-23-12-20-47-44-17-4-9-28-58(44)80-66(47)50)64(62(63)51-24-13-21-48-45-18-5-10-29-59(45)81-67(48)51)78-54-26-7-2-15-40(54)42-33-31-38(35-56(42)78)69(73,74)75/h1-35H. The molecule has 0 aliphatic heterocycles. The van der Waals surface area contributed by atoms with E-state index in [9.17, 15) is 5.26 Å². The summed E-state index contributed by atoms with van der Waals surface area (Å²) in [6.07, 6.45) is -9.50. The maximum Gasteiger partial charge on any atom is 0.416 e. The quantitative estimate of drug-likeness (QED) is 0.158. The van der Waals surface area contributed by atoms with Gasteiger partial charge in [-0.15, -0.1) is 34.0 Å². The Morgan fingerprint density at radius 3 is 1.01 bits per heavy atom. The Kier molecular flexibility index (Phi) is 10.2. The number of hydrogen-bond donors (Lipinski definition) is 0. The van der Waals surface area contributed by atoms with Crippen molar-refractivity contribution in [1.29, 1.82) is 5.26 Å². The van der Waals surface area contributed by atoms with Crippen LogP contribution in [0.1, 0.15) is 16.7 Å². The second kappa shape index (κ2) is 17.4. The van der Waals surface area contributed by atoms with E-state index in [1.165, 1.54) is 24.3 Å². The summed E-state index contributed by atoms with van der Waals surface area (Å²) in [5, 5.41) is 20.9. The number of fused-ring (bicyclic) bond motifs is 15. The van der Waals surface area contributed by atoms with Crippen LogP contribution >= 0.6 is 34.0 Å². The number of rotatable bonds is 5. The predicted octanol–water partition coefficient (Wildman–Crippen LogP) is 21.9. The molecule has 0 unspecified atom stereocenters. The van der Waals surface area contributed by atoms with Crippen LogP contribution in [-0.4, -0.2) is 9.13 Å². The largest absolute Gasteiger partial charge is 0.416 e. The highest BCUT2D eigenvalue weighted by molar-refractivity contribution is 7.27. The maximum atomic E-state index is 15.4. The molecule has 16 rings (SSSR count). The van der Waals surface area contributed by atoms with Gasteiger partial charge in [0.1, 0.15) is 6.07 Å². The first-order valence-electron chi connectivity index (χ1n) is 26.0. The number of thiophene rings is 3. The van der Waals surface area contributed by atoms with Crippen LogP contribution in [0.5, 0.6) is 0 Å². The van der Waals surface area contributed by atoms with Crippen molar-refractivity contribution in [2.75, 3.05) is 0 Å². The van der Waals surface area contributed by atoms with Gasteiger partial charge >= 0.3 is 12.4 Å². The van der Waals surface area contributed by atoms with Crippen LogP contribution in [0, 0.1) is 11.3 Å². The summed E-state index contributed by atoms with van der Waals surface area (Å²) in [5.41, 5.74) is 4.28. The van der Waals surface area contributed by atoms with Crippen LogP contribution in [0.4, 0.5) is 26.3 Å². The molecule has 0 saturated heterocycles. The van der Waals surface area contributed by atoms with Crippen LogP contribution in [0.25, 0.3) is 149 Å². The summed E-state index contributed by atoms with van der Waals surface area (Å²) in [5.74, 6) is 0. The van der Waals surface area contributed by atoms with Gasteiger partial charge in [0, 0.05) is 115 Å². The molecule has 0 radical (unpaired) electrons. The second-order valence-corrected chi connectivity index (χ2v) is 23.5. The van der Waals surface area contributed by atoms with Crippen molar-refractivity contribution in [2.45, 2.75) is 12.4 Å². The predicted molar refractivity (Wildman–Crippen MR) is 325 cm³/mol. The fourth-order valence-electron chi connectivity index (χ4n) is 12.7. The second-order valence-electron chi connectivity index (χ2n) is 20.3. The zero-order valence-corrected chi connectivity index (χ0v) is 44.5. The van der Waals surface area contributed by atoms with Gasteiger partial charge < -0.3 is 9.13 Å². The molecule has 5 aromatic heterocycles. The number of benzene rings is 11. The SMILES string of the molecule is N#Cc1c(-c2cccc3c2sc2ccccc23)c(-n2c3ccccc3c3ccc(C(F)(F)F)cc32)c(-c2cccc3c2sc2ccccc23)c(-n2c3ccccc3c3ccc(C(F)(F)F)cc32)c1-c1cccc2c1sc1ccccc12. The van der Waals surface area contributed by atoms with E-state index in [0.717, 1.165) is 72.6 Å². The van der Waals surface area contributed by atoms with Gasteiger partial charge in [0.05, 0.1) is 50.1 Å². The molecule has 0 saturated carbocycles. The molecule has 0 aliphatic carbocycles. The van der Waals surface area contributed by atoms with Crippen LogP contribution in [0.3, 0.4) is 0 Å².